The molecular formula is C24H28O6. The summed E-state index contributed by atoms with van der Waals surface area (Å²) in [5, 5.41) is 0. The second kappa shape index (κ2) is 12.4. The van der Waals surface area contributed by atoms with Crippen LogP contribution in [0.3, 0.4) is 0 Å². The topological polar surface area (TPSA) is 78.9 Å². The van der Waals surface area contributed by atoms with Gasteiger partial charge >= 0.3 is 17.9 Å². The monoisotopic (exact) mass is 412 g/mol. The molecule has 2 aromatic rings. The van der Waals surface area contributed by atoms with Gasteiger partial charge in [-0.1, -0.05) is 57.0 Å². The highest BCUT2D eigenvalue weighted by Crippen LogP contribution is 2.17. The van der Waals surface area contributed by atoms with Gasteiger partial charge in [0.1, 0.15) is 6.61 Å². The first kappa shape index (κ1) is 23.1. The summed E-state index contributed by atoms with van der Waals surface area (Å²) in [5.41, 5.74) is 1.06. The maximum atomic E-state index is 12.6. The number of benzene rings is 2. The Hall–Kier alpha value is -3.15. The molecule has 0 atom stereocenters. The number of rotatable bonds is 11. The summed E-state index contributed by atoms with van der Waals surface area (Å²) in [4.78, 5) is 37.4. The molecule has 0 aliphatic heterocycles. The molecule has 0 aliphatic rings. The number of ether oxygens (including phenoxy) is 3. The van der Waals surface area contributed by atoms with E-state index in [1.54, 1.807) is 0 Å². The summed E-state index contributed by atoms with van der Waals surface area (Å²) in [6, 6.07) is 13.4. The highest BCUT2D eigenvalue weighted by atomic mass is 16.5. The Bertz CT molecular complexity index is 844. The number of esters is 3. The van der Waals surface area contributed by atoms with Crippen LogP contribution in [-0.4, -0.2) is 31.1 Å². The molecule has 0 amide bonds. The van der Waals surface area contributed by atoms with E-state index in [0.717, 1.165) is 24.8 Å². The molecule has 2 aromatic carbocycles. The van der Waals surface area contributed by atoms with E-state index in [0.29, 0.717) is 13.0 Å². The number of carbonyl (C=O) groups excluding carboxylic acids is 3. The molecular weight excluding hydrogens is 384 g/mol. The van der Waals surface area contributed by atoms with Crippen molar-refractivity contribution in [1.82, 2.24) is 0 Å². The van der Waals surface area contributed by atoms with Crippen LogP contribution >= 0.6 is 0 Å². The van der Waals surface area contributed by atoms with Gasteiger partial charge in [-0.15, -0.1) is 0 Å². The third-order valence-corrected chi connectivity index (χ3v) is 4.37. The summed E-state index contributed by atoms with van der Waals surface area (Å²) in [7, 11) is 0. The second-order valence-corrected chi connectivity index (χ2v) is 6.80. The van der Waals surface area contributed by atoms with E-state index >= 15 is 0 Å². The molecule has 0 N–H and O–H groups in total. The Morgan fingerprint density at radius 1 is 0.700 bits per heavy atom. The molecule has 0 fully saturated rings. The smallest absolute Gasteiger partial charge is 0.339 e. The Kier molecular flexibility index (Phi) is 9.58. The molecule has 30 heavy (non-hydrogen) atoms. The van der Waals surface area contributed by atoms with E-state index in [2.05, 4.69) is 0 Å². The summed E-state index contributed by atoms with van der Waals surface area (Å²) in [6.45, 7) is 4.58. The van der Waals surface area contributed by atoms with Gasteiger partial charge in [-0.25, -0.2) is 14.4 Å². The molecule has 0 radical (unpaired) electrons. The molecule has 0 saturated heterocycles. The highest BCUT2D eigenvalue weighted by molar-refractivity contribution is 6.05. The van der Waals surface area contributed by atoms with E-state index in [-0.39, 0.29) is 29.9 Å². The largest absolute Gasteiger partial charge is 0.462 e. The van der Waals surface area contributed by atoms with Crippen LogP contribution in [0.1, 0.15) is 76.2 Å². The van der Waals surface area contributed by atoms with Gasteiger partial charge in [0.2, 0.25) is 0 Å². The second-order valence-electron chi connectivity index (χ2n) is 6.80. The SMILES string of the molecule is CCCCOC(=O)c1ccc(C(=O)OCc2ccccc2)c(C(=O)OCCCC)c1. The molecule has 6 heteroatoms. The van der Waals surface area contributed by atoms with E-state index in [1.165, 1.54) is 18.2 Å². The van der Waals surface area contributed by atoms with Crippen molar-refractivity contribution < 1.29 is 28.6 Å². The average Bonchev–Trinajstić information content (AvgIpc) is 2.78. The number of unbranched alkanes of at least 4 members (excludes halogenated alkanes) is 2. The fraction of sp³-hybridized carbons (Fsp3) is 0.375. The molecule has 6 nitrogen and oxygen atoms in total. The van der Waals surface area contributed by atoms with Crippen LogP contribution in [0.5, 0.6) is 0 Å². The van der Waals surface area contributed by atoms with Gasteiger partial charge < -0.3 is 14.2 Å². The van der Waals surface area contributed by atoms with Crippen molar-refractivity contribution in [2.24, 2.45) is 0 Å². The van der Waals surface area contributed by atoms with Gasteiger partial charge in [0.05, 0.1) is 29.9 Å². The normalized spacial score (nSPS) is 10.3. The van der Waals surface area contributed by atoms with Crippen molar-refractivity contribution in [2.45, 2.75) is 46.1 Å². The van der Waals surface area contributed by atoms with Crippen LogP contribution in [-0.2, 0) is 20.8 Å². The van der Waals surface area contributed by atoms with Crippen LogP contribution in [0.25, 0.3) is 0 Å². The Balaban J connectivity index is 2.20. The Morgan fingerprint density at radius 3 is 1.93 bits per heavy atom. The first-order chi connectivity index (χ1) is 14.6. The lowest BCUT2D eigenvalue weighted by atomic mass is 10.0. The van der Waals surface area contributed by atoms with Crippen molar-refractivity contribution in [2.75, 3.05) is 13.2 Å². The molecule has 0 saturated carbocycles. The lowest BCUT2D eigenvalue weighted by Crippen LogP contribution is -2.16. The summed E-state index contributed by atoms with van der Waals surface area (Å²) in [6.07, 6.45) is 3.22. The van der Waals surface area contributed by atoms with Crippen LogP contribution in [0.2, 0.25) is 0 Å². The molecule has 0 heterocycles. The molecule has 0 aliphatic carbocycles. The summed E-state index contributed by atoms with van der Waals surface area (Å²) < 4.78 is 15.8. The van der Waals surface area contributed by atoms with E-state index in [1.807, 2.05) is 44.2 Å². The predicted octanol–water partition coefficient (Wildman–Crippen LogP) is 4.96. The Labute approximate surface area is 177 Å². The lowest BCUT2D eigenvalue weighted by Gasteiger charge is -2.12. The standard InChI is InChI=1S/C24H28O6/c1-3-5-14-28-22(25)19-12-13-20(21(16-19)24(27)29-15-6-4-2)23(26)30-17-18-10-8-7-9-11-18/h7-13,16H,3-6,14-15,17H2,1-2H3. The van der Waals surface area contributed by atoms with Crippen molar-refractivity contribution in [3.05, 3.63) is 70.8 Å². The minimum absolute atomic E-state index is 0.00546. The third-order valence-electron chi connectivity index (χ3n) is 4.37. The van der Waals surface area contributed by atoms with Crippen molar-refractivity contribution in [1.29, 1.82) is 0 Å². The number of hydrogen-bond donors (Lipinski definition) is 0. The quantitative estimate of drug-likeness (QED) is 0.295. The van der Waals surface area contributed by atoms with Crippen LogP contribution in [0.15, 0.2) is 48.5 Å². The first-order valence-electron chi connectivity index (χ1n) is 10.3. The average molecular weight is 412 g/mol. The lowest BCUT2D eigenvalue weighted by molar-refractivity contribution is 0.0434. The van der Waals surface area contributed by atoms with Gasteiger partial charge in [-0.3, -0.25) is 0 Å². The van der Waals surface area contributed by atoms with E-state index < -0.39 is 17.9 Å². The summed E-state index contributed by atoms with van der Waals surface area (Å²) >= 11 is 0. The minimum atomic E-state index is -0.668. The fourth-order valence-electron chi connectivity index (χ4n) is 2.60. The zero-order valence-corrected chi connectivity index (χ0v) is 17.5. The van der Waals surface area contributed by atoms with Crippen LogP contribution in [0, 0.1) is 0 Å². The first-order valence-corrected chi connectivity index (χ1v) is 10.3. The van der Waals surface area contributed by atoms with Crippen LogP contribution in [0.4, 0.5) is 0 Å². The maximum Gasteiger partial charge on any atom is 0.339 e. The van der Waals surface area contributed by atoms with Crippen LogP contribution < -0.4 is 0 Å². The molecule has 0 bridgehead atoms. The number of hydrogen-bond acceptors (Lipinski definition) is 6. The fourth-order valence-corrected chi connectivity index (χ4v) is 2.60. The molecule has 160 valence electrons. The maximum absolute atomic E-state index is 12.6. The molecule has 2 rings (SSSR count). The highest BCUT2D eigenvalue weighted by Gasteiger charge is 2.22. The van der Waals surface area contributed by atoms with Gasteiger partial charge in [0.25, 0.3) is 0 Å². The van der Waals surface area contributed by atoms with E-state index in [9.17, 15) is 14.4 Å². The predicted molar refractivity (Wildman–Crippen MR) is 112 cm³/mol. The third kappa shape index (κ3) is 7.03. The van der Waals surface area contributed by atoms with Crippen molar-refractivity contribution in [3.8, 4) is 0 Å². The van der Waals surface area contributed by atoms with Gasteiger partial charge in [0, 0.05) is 0 Å². The minimum Gasteiger partial charge on any atom is -0.462 e. The summed E-state index contributed by atoms with van der Waals surface area (Å²) in [5.74, 6) is -1.87. The van der Waals surface area contributed by atoms with Crippen molar-refractivity contribution in [3.63, 3.8) is 0 Å². The van der Waals surface area contributed by atoms with Gasteiger partial charge in [-0.2, -0.15) is 0 Å². The van der Waals surface area contributed by atoms with Crippen molar-refractivity contribution >= 4 is 17.9 Å². The van der Waals surface area contributed by atoms with Gasteiger partial charge in [0.15, 0.2) is 0 Å². The molecule has 0 spiro atoms. The zero-order valence-electron chi connectivity index (χ0n) is 17.5. The number of carbonyl (C=O) groups is 3. The van der Waals surface area contributed by atoms with E-state index in [4.69, 9.17) is 14.2 Å². The zero-order chi connectivity index (χ0) is 21.8. The van der Waals surface area contributed by atoms with Gasteiger partial charge in [-0.05, 0) is 36.6 Å². The molecule has 0 aromatic heterocycles. The molecule has 0 unspecified atom stereocenters. The Morgan fingerprint density at radius 2 is 1.30 bits per heavy atom.